The van der Waals surface area contributed by atoms with Crippen molar-refractivity contribution in [3.63, 3.8) is 0 Å². The van der Waals surface area contributed by atoms with E-state index in [0.717, 1.165) is 40.4 Å². The van der Waals surface area contributed by atoms with Gasteiger partial charge in [-0.1, -0.05) is 79.3 Å². The van der Waals surface area contributed by atoms with Crippen LogP contribution in [0, 0.1) is 0 Å². The molecule has 0 atom stereocenters. The summed E-state index contributed by atoms with van der Waals surface area (Å²) in [5.74, 6) is -3.43. The van der Waals surface area contributed by atoms with Crippen molar-refractivity contribution in [1.82, 2.24) is 4.90 Å². The van der Waals surface area contributed by atoms with Crippen LogP contribution < -0.4 is 0 Å². The van der Waals surface area contributed by atoms with Gasteiger partial charge in [-0.2, -0.15) is 0 Å². The lowest BCUT2D eigenvalue weighted by Gasteiger charge is -2.11. The highest BCUT2D eigenvalue weighted by atomic mass is 32.2. The van der Waals surface area contributed by atoms with Crippen molar-refractivity contribution in [3.8, 4) is 0 Å². The fourth-order valence-electron chi connectivity index (χ4n) is 2.84. The Balaban J connectivity index is 2.35. The first-order valence-corrected chi connectivity index (χ1v) is 12.0. The molecule has 1 aliphatic heterocycles. The highest BCUT2D eigenvalue weighted by Gasteiger charge is 2.34. The van der Waals surface area contributed by atoms with Crippen LogP contribution in [0.2, 0.25) is 0 Å². The van der Waals surface area contributed by atoms with Crippen molar-refractivity contribution in [2.24, 2.45) is 0 Å². The van der Waals surface area contributed by atoms with Crippen LogP contribution in [0.1, 0.15) is 46.1 Å². The zero-order valence-corrected chi connectivity index (χ0v) is 21.3. The summed E-state index contributed by atoms with van der Waals surface area (Å²) >= 11 is 6.37. The van der Waals surface area contributed by atoms with E-state index in [0.29, 0.717) is 16.9 Å². The van der Waals surface area contributed by atoms with Crippen molar-refractivity contribution in [3.05, 3.63) is 75.9 Å². The van der Waals surface area contributed by atoms with E-state index in [1.165, 1.54) is 6.08 Å². The van der Waals surface area contributed by atoms with Gasteiger partial charge in [0.25, 0.3) is 11.7 Å². The van der Waals surface area contributed by atoms with Gasteiger partial charge in [0, 0.05) is 6.20 Å². The molecule has 1 heterocycles. The Morgan fingerprint density at radius 3 is 2.41 bits per heavy atom. The number of unbranched alkanes of at least 4 members (excludes halogenated alkanes) is 1. The number of thiocarbonyl (C=S) groups is 1. The molecular formula is C26H27NO5S2. The van der Waals surface area contributed by atoms with E-state index in [2.05, 4.69) is 0 Å². The number of ether oxygens (including phenoxy) is 1. The first kappa shape index (κ1) is 27.1. The standard InChI is InChI=1S/C26H27NO5S2/c1-5-6-12-32-25(31)23(29)20(21(28)13-17(2)3)16-27-24(30)22(34-26(27)33)15-18(4)14-19-10-8-7-9-11-19/h7-11,13-16H,5-6,12H2,1-4H3/b18-14-,20-16-,22-15+. The van der Waals surface area contributed by atoms with Gasteiger partial charge in [-0.3, -0.25) is 19.3 Å². The Bertz CT molecular complexity index is 1110. The summed E-state index contributed by atoms with van der Waals surface area (Å²) in [6.07, 6.45) is 7.25. The number of rotatable bonds is 10. The number of carbonyl (C=O) groups excluding carboxylic acids is 4. The maximum atomic E-state index is 13.0. The van der Waals surface area contributed by atoms with Crippen molar-refractivity contribution in [1.29, 1.82) is 0 Å². The molecule has 6 nitrogen and oxygen atoms in total. The molecule has 1 amide bonds. The lowest BCUT2D eigenvalue weighted by molar-refractivity contribution is -0.152. The Hall–Kier alpha value is -3.10. The fourth-order valence-corrected chi connectivity index (χ4v) is 4.10. The number of nitrogens with zero attached hydrogens (tertiary/aromatic N) is 1. The summed E-state index contributed by atoms with van der Waals surface area (Å²) in [6, 6.07) is 9.63. The zero-order valence-electron chi connectivity index (χ0n) is 19.6. The molecular weight excluding hydrogens is 470 g/mol. The Morgan fingerprint density at radius 2 is 1.79 bits per heavy atom. The smallest absolute Gasteiger partial charge is 0.379 e. The maximum Gasteiger partial charge on any atom is 0.379 e. The van der Waals surface area contributed by atoms with Crippen molar-refractivity contribution in [2.45, 2.75) is 40.5 Å². The molecule has 0 saturated carbocycles. The van der Waals surface area contributed by atoms with Crippen LogP contribution in [0.15, 0.2) is 70.3 Å². The molecule has 178 valence electrons. The summed E-state index contributed by atoms with van der Waals surface area (Å²) in [7, 11) is 0. The fraction of sp³-hybridized carbons (Fsp3) is 0.269. The molecule has 0 spiro atoms. The highest BCUT2D eigenvalue weighted by molar-refractivity contribution is 8.26. The molecule has 0 N–H and O–H groups in total. The summed E-state index contributed by atoms with van der Waals surface area (Å²) in [6.45, 7) is 7.21. The molecule has 0 bridgehead atoms. The summed E-state index contributed by atoms with van der Waals surface area (Å²) < 4.78 is 5.12. The molecule has 8 heteroatoms. The first-order chi connectivity index (χ1) is 16.1. The Labute approximate surface area is 209 Å². The van der Waals surface area contributed by atoms with E-state index in [-0.39, 0.29) is 10.9 Å². The average Bonchev–Trinajstić information content (AvgIpc) is 3.03. The van der Waals surface area contributed by atoms with Crippen LogP contribution in [0.3, 0.4) is 0 Å². The van der Waals surface area contributed by atoms with Gasteiger partial charge in [-0.25, -0.2) is 4.79 Å². The second-order valence-corrected chi connectivity index (χ2v) is 9.47. The first-order valence-electron chi connectivity index (χ1n) is 10.8. The van der Waals surface area contributed by atoms with E-state index >= 15 is 0 Å². The van der Waals surface area contributed by atoms with E-state index in [1.54, 1.807) is 19.9 Å². The van der Waals surface area contributed by atoms with Crippen molar-refractivity contribution in [2.75, 3.05) is 6.61 Å². The molecule has 0 unspecified atom stereocenters. The predicted octanol–water partition coefficient (Wildman–Crippen LogP) is 5.17. The van der Waals surface area contributed by atoms with Gasteiger partial charge in [0.1, 0.15) is 0 Å². The number of amides is 1. The number of thioether (sulfide) groups is 1. The third-order valence-corrected chi connectivity index (χ3v) is 5.81. The quantitative estimate of drug-likeness (QED) is 0.0839. The van der Waals surface area contributed by atoms with Crippen LogP contribution >= 0.6 is 24.0 Å². The summed E-state index contributed by atoms with van der Waals surface area (Å²) in [5.41, 5.74) is 1.97. The molecule has 34 heavy (non-hydrogen) atoms. The van der Waals surface area contributed by atoms with Crippen molar-refractivity contribution >= 4 is 57.8 Å². The van der Waals surface area contributed by atoms with Crippen LogP contribution in [0.5, 0.6) is 0 Å². The number of hydrogen-bond donors (Lipinski definition) is 0. The van der Waals surface area contributed by atoms with Gasteiger partial charge < -0.3 is 4.74 Å². The number of Topliss-reactive ketones (excluding diaryl/α,β-unsaturated/α-hetero) is 1. The monoisotopic (exact) mass is 497 g/mol. The topological polar surface area (TPSA) is 80.8 Å². The Kier molecular flexibility index (Phi) is 10.3. The maximum absolute atomic E-state index is 13.0. The minimum absolute atomic E-state index is 0.0714. The zero-order chi connectivity index (χ0) is 25.3. The normalized spacial score (nSPS) is 15.5. The van der Waals surface area contributed by atoms with E-state index < -0.39 is 29.0 Å². The van der Waals surface area contributed by atoms with Crippen LogP contribution in [-0.2, 0) is 23.9 Å². The third-order valence-electron chi connectivity index (χ3n) is 4.48. The average molecular weight is 498 g/mol. The van der Waals surface area contributed by atoms with Gasteiger partial charge in [-0.05, 0) is 50.5 Å². The van der Waals surface area contributed by atoms with Crippen LogP contribution in [-0.4, -0.2) is 39.3 Å². The lowest BCUT2D eigenvalue weighted by Crippen LogP contribution is -2.29. The molecule has 0 radical (unpaired) electrons. The third kappa shape index (κ3) is 7.74. The van der Waals surface area contributed by atoms with Crippen LogP contribution in [0.25, 0.3) is 6.08 Å². The number of esters is 1. The van der Waals surface area contributed by atoms with Crippen molar-refractivity contribution < 1.29 is 23.9 Å². The molecule has 0 aliphatic carbocycles. The molecule has 1 aromatic rings. The second kappa shape index (κ2) is 13.0. The van der Waals surface area contributed by atoms with E-state index in [9.17, 15) is 19.2 Å². The number of allylic oxidation sites excluding steroid dienone is 4. The van der Waals surface area contributed by atoms with Gasteiger partial charge in [-0.15, -0.1) is 0 Å². The Morgan fingerprint density at radius 1 is 1.12 bits per heavy atom. The number of hydrogen-bond acceptors (Lipinski definition) is 7. The number of carbonyl (C=O) groups is 4. The number of ketones is 2. The number of benzene rings is 1. The molecule has 1 aromatic carbocycles. The van der Waals surface area contributed by atoms with Gasteiger partial charge in [0.2, 0.25) is 0 Å². The van der Waals surface area contributed by atoms with Crippen LogP contribution in [0.4, 0.5) is 0 Å². The molecule has 0 aromatic heterocycles. The highest BCUT2D eigenvalue weighted by Crippen LogP contribution is 2.33. The largest absolute Gasteiger partial charge is 0.460 e. The molecule has 1 aliphatic rings. The summed E-state index contributed by atoms with van der Waals surface area (Å²) in [5, 5.41) is 0. The molecule has 1 fully saturated rings. The molecule has 1 saturated heterocycles. The van der Waals surface area contributed by atoms with E-state index in [1.807, 2.05) is 50.3 Å². The predicted molar refractivity (Wildman–Crippen MR) is 139 cm³/mol. The SMILES string of the molecule is CCCCOC(=O)C(=O)/C(=C\N1C(=O)/C(=C\C(C)=C/c2ccccc2)SC1=S)C(=O)C=C(C)C. The lowest BCUT2D eigenvalue weighted by atomic mass is 10.1. The van der Waals surface area contributed by atoms with E-state index in [4.69, 9.17) is 17.0 Å². The summed E-state index contributed by atoms with van der Waals surface area (Å²) in [4.78, 5) is 52.1. The second-order valence-electron chi connectivity index (χ2n) is 7.80. The minimum atomic E-state index is -1.14. The van der Waals surface area contributed by atoms with Gasteiger partial charge >= 0.3 is 5.97 Å². The van der Waals surface area contributed by atoms with Gasteiger partial charge in [0.15, 0.2) is 10.1 Å². The van der Waals surface area contributed by atoms with Gasteiger partial charge in [0.05, 0.1) is 17.1 Å². The minimum Gasteiger partial charge on any atom is -0.460 e. The molecule has 2 rings (SSSR count).